The molecule has 1 saturated heterocycles. The molecule has 2 aliphatic rings. The molecule has 4 nitrogen and oxygen atoms in total. The maximum absolute atomic E-state index is 4.76. The van der Waals surface area contributed by atoms with Crippen molar-refractivity contribution in [1.29, 1.82) is 0 Å². The van der Waals surface area contributed by atoms with E-state index in [0.29, 0.717) is 6.04 Å². The first-order valence-electron chi connectivity index (χ1n) is 9.16. The molecule has 1 aromatic heterocycles. The predicted molar refractivity (Wildman–Crippen MR) is 115 cm³/mol. The molecule has 1 saturated carbocycles. The minimum atomic E-state index is 0. The second kappa shape index (κ2) is 10.6. The van der Waals surface area contributed by atoms with Gasteiger partial charge in [-0.3, -0.25) is 9.89 Å². The highest BCUT2D eigenvalue weighted by atomic mass is 127. The summed E-state index contributed by atoms with van der Waals surface area (Å²) in [5.74, 6) is 0.988. The smallest absolute Gasteiger partial charge is 0.191 e. The third-order valence-electron chi connectivity index (χ3n) is 4.95. The van der Waals surface area contributed by atoms with Gasteiger partial charge in [0.2, 0.25) is 0 Å². The number of hydrogen-bond donors (Lipinski definition) is 2. The second-order valence-electron chi connectivity index (χ2n) is 6.65. The molecule has 2 fully saturated rings. The second-order valence-corrected chi connectivity index (χ2v) is 7.69. The van der Waals surface area contributed by atoms with Crippen LogP contribution in [-0.2, 0) is 6.42 Å². The first-order chi connectivity index (χ1) is 11.3. The van der Waals surface area contributed by atoms with E-state index < -0.39 is 0 Å². The van der Waals surface area contributed by atoms with Crippen LogP contribution in [0.4, 0.5) is 0 Å². The van der Waals surface area contributed by atoms with Gasteiger partial charge in [-0.25, -0.2) is 0 Å². The van der Waals surface area contributed by atoms with Crippen LogP contribution in [0.1, 0.15) is 43.9 Å². The van der Waals surface area contributed by atoms with Crippen molar-refractivity contribution in [2.75, 3.05) is 26.2 Å². The Hall–Kier alpha value is -0.340. The number of hydrogen-bond acceptors (Lipinski definition) is 3. The van der Waals surface area contributed by atoms with E-state index in [1.807, 2.05) is 11.3 Å². The van der Waals surface area contributed by atoms with E-state index in [-0.39, 0.29) is 24.0 Å². The Morgan fingerprint density at radius 3 is 2.88 bits per heavy atom. The first-order valence-corrected chi connectivity index (χ1v) is 10.0. The van der Waals surface area contributed by atoms with E-state index in [1.54, 1.807) is 0 Å². The molecule has 1 unspecified atom stereocenters. The van der Waals surface area contributed by atoms with Crippen LogP contribution in [-0.4, -0.2) is 49.1 Å². The van der Waals surface area contributed by atoms with Crippen molar-refractivity contribution >= 4 is 41.3 Å². The van der Waals surface area contributed by atoms with Gasteiger partial charge < -0.3 is 10.6 Å². The van der Waals surface area contributed by atoms with Gasteiger partial charge in [0.15, 0.2) is 5.96 Å². The number of aliphatic imine (C=N–C) groups is 1. The monoisotopic (exact) mass is 462 g/mol. The molecule has 0 aromatic carbocycles. The molecule has 2 N–H and O–H groups in total. The zero-order chi connectivity index (χ0) is 15.9. The standard InChI is InChI=1S/C18H30N4S.HI/c1-2-19-18(20-11-9-17-8-5-13-23-17)21-15-10-12-22(14-15)16-6-3-4-7-16;/h5,8,13,15-16H,2-4,6-7,9-12,14H2,1H3,(H2,19,20,21);1H. The summed E-state index contributed by atoms with van der Waals surface area (Å²) >= 11 is 1.82. The normalized spacial score (nSPS) is 22.5. The third kappa shape index (κ3) is 5.88. The molecule has 6 heteroatoms. The van der Waals surface area contributed by atoms with E-state index in [4.69, 9.17) is 4.99 Å². The van der Waals surface area contributed by atoms with Crippen LogP contribution >= 0.6 is 35.3 Å². The summed E-state index contributed by atoms with van der Waals surface area (Å²) in [6.45, 7) is 6.34. The topological polar surface area (TPSA) is 39.7 Å². The van der Waals surface area contributed by atoms with Crippen molar-refractivity contribution in [3.05, 3.63) is 22.4 Å². The highest BCUT2D eigenvalue weighted by Gasteiger charge is 2.30. The van der Waals surface area contributed by atoms with E-state index in [0.717, 1.165) is 31.5 Å². The fraction of sp³-hybridized carbons (Fsp3) is 0.722. The molecule has 24 heavy (non-hydrogen) atoms. The molecule has 1 atom stereocenters. The van der Waals surface area contributed by atoms with Gasteiger partial charge in [-0.15, -0.1) is 35.3 Å². The molecule has 1 aromatic rings. The maximum Gasteiger partial charge on any atom is 0.191 e. The summed E-state index contributed by atoms with van der Waals surface area (Å²) in [5.41, 5.74) is 0. The Morgan fingerprint density at radius 1 is 1.33 bits per heavy atom. The molecule has 0 radical (unpaired) electrons. The van der Waals surface area contributed by atoms with Crippen molar-refractivity contribution in [2.45, 2.75) is 57.5 Å². The van der Waals surface area contributed by atoms with Crippen LogP contribution in [0.3, 0.4) is 0 Å². The average Bonchev–Trinajstić information content (AvgIpc) is 3.30. The Labute approximate surface area is 167 Å². The summed E-state index contributed by atoms with van der Waals surface area (Å²) in [5, 5.41) is 9.19. The number of halogens is 1. The van der Waals surface area contributed by atoms with Gasteiger partial charge >= 0.3 is 0 Å². The SMILES string of the molecule is CCNC(=NCCc1cccs1)NC1CCN(C2CCCC2)C1.I. The van der Waals surface area contributed by atoms with E-state index in [9.17, 15) is 0 Å². The maximum atomic E-state index is 4.76. The van der Waals surface area contributed by atoms with Crippen LogP contribution in [0.25, 0.3) is 0 Å². The number of rotatable bonds is 6. The molecule has 1 aliphatic carbocycles. The van der Waals surface area contributed by atoms with Gasteiger partial charge in [0.1, 0.15) is 0 Å². The minimum Gasteiger partial charge on any atom is -0.357 e. The zero-order valence-electron chi connectivity index (χ0n) is 14.7. The quantitative estimate of drug-likeness (QED) is 0.387. The van der Waals surface area contributed by atoms with Crippen molar-refractivity contribution in [3.8, 4) is 0 Å². The molecule has 136 valence electrons. The number of thiophene rings is 1. The van der Waals surface area contributed by atoms with Gasteiger partial charge in [-0.2, -0.15) is 0 Å². The lowest BCUT2D eigenvalue weighted by Gasteiger charge is -2.24. The molecule has 0 amide bonds. The highest BCUT2D eigenvalue weighted by Crippen LogP contribution is 2.26. The number of nitrogens with one attached hydrogen (secondary N) is 2. The summed E-state index contributed by atoms with van der Waals surface area (Å²) in [6.07, 6.45) is 7.93. The van der Waals surface area contributed by atoms with Gasteiger partial charge in [0.25, 0.3) is 0 Å². The Balaban J connectivity index is 0.00000208. The van der Waals surface area contributed by atoms with Crippen LogP contribution in [0, 0.1) is 0 Å². The summed E-state index contributed by atoms with van der Waals surface area (Å²) in [7, 11) is 0. The third-order valence-corrected chi connectivity index (χ3v) is 5.89. The Bertz CT molecular complexity index is 485. The van der Waals surface area contributed by atoms with Crippen LogP contribution in [0.5, 0.6) is 0 Å². The van der Waals surface area contributed by atoms with Crippen LogP contribution < -0.4 is 10.6 Å². The minimum absolute atomic E-state index is 0. The van der Waals surface area contributed by atoms with E-state index in [1.165, 1.54) is 50.1 Å². The highest BCUT2D eigenvalue weighted by molar-refractivity contribution is 14.0. The van der Waals surface area contributed by atoms with Gasteiger partial charge in [-0.05, 0) is 37.6 Å². The summed E-state index contributed by atoms with van der Waals surface area (Å²) in [6, 6.07) is 5.70. The first kappa shape index (κ1) is 20.0. The number of likely N-dealkylation sites (tertiary alicyclic amines) is 1. The lowest BCUT2D eigenvalue weighted by Crippen LogP contribution is -2.45. The Kier molecular flexibility index (Phi) is 8.83. The zero-order valence-corrected chi connectivity index (χ0v) is 17.8. The molecular weight excluding hydrogens is 431 g/mol. The largest absolute Gasteiger partial charge is 0.357 e. The van der Waals surface area contributed by atoms with Crippen molar-refractivity contribution < 1.29 is 0 Å². The number of guanidine groups is 1. The fourth-order valence-electron chi connectivity index (χ4n) is 3.75. The predicted octanol–water partition coefficient (Wildman–Crippen LogP) is 3.48. The summed E-state index contributed by atoms with van der Waals surface area (Å²) in [4.78, 5) is 8.87. The van der Waals surface area contributed by atoms with E-state index >= 15 is 0 Å². The van der Waals surface area contributed by atoms with Crippen LogP contribution in [0.2, 0.25) is 0 Å². The van der Waals surface area contributed by atoms with Crippen molar-refractivity contribution in [1.82, 2.24) is 15.5 Å². The van der Waals surface area contributed by atoms with E-state index in [2.05, 4.69) is 40.0 Å². The Morgan fingerprint density at radius 2 is 2.17 bits per heavy atom. The molecular formula is C18H31IN4S. The van der Waals surface area contributed by atoms with Gasteiger partial charge in [0, 0.05) is 49.6 Å². The van der Waals surface area contributed by atoms with Gasteiger partial charge in [0.05, 0.1) is 0 Å². The molecule has 2 heterocycles. The van der Waals surface area contributed by atoms with Crippen LogP contribution in [0.15, 0.2) is 22.5 Å². The van der Waals surface area contributed by atoms with Crippen molar-refractivity contribution in [2.24, 2.45) is 4.99 Å². The number of nitrogens with zero attached hydrogens (tertiary/aromatic N) is 2. The average molecular weight is 462 g/mol. The molecule has 3 rings (SSSR count). The lowest BCUT2D eigenvalue weighted by atomic mass is 10.2. The summed E-state index contributed by atoms with van der Waals surface area (Å²) < 4.78 is 0. The molecule has 1 aliphatic heterocycles. The van der Waals surface area contributed by atoms with Gasteiger partial charge in [-0.1, -0.05) is 18.9 Å². The fourth-order valence-corrected chi connectivity index (χ4v) is 4.45. The van der Waals surface area contributed by atoms with Crippen molar-refractivity contribution in [3.63, 3.8) is 0 Å². The lowest BCUT2D eigenvalue weighted by molar-refractivity contribution is 0.242. The molecule has 0 spiro atoms. The molecule has 0 bridgehead atoms.